The Morgan fingerprint density at radius 2 is 1.67 bits per heavy atom. The van der Waals surface area contributed by atoms with Crippen LogP contribution in [0.25, 0.3) is 0 Å². The van der Waals surface area contributed by atoms with Gasteiger partial charge in [-0.1, -0.05) is 19.1 Å². The molecule has 0 aliphatic heterocycles. The molecule has 0 spiro atoms. The van der Waals surface area contributed by atoms with Crippen LogP contribution in [-0.2, 0) is 0 Å². The first-order valence-corrected chi connectivity index (χ1v) is 6.37. The third kappa shape index (κ3) is 2.22. The SMILES string of the molecule is CC(c1ccc(O)cc1)P(C)C. The Labute approximate surface area is 75.2 Å². The molecule has 0 amide bonds. The largest absolute Gasteiger partial charge is 0.508 e. The topological polar surface area (TPSA) is 20.2 Å². The van der Waals surface area contributed by atoms with Crippen LogP contribution in [-0.4, -0.2) is 18.4 Å². The zero-order valence-electron chi connectivity index (χ0n) is 7.78. The van der Waals surface area contributed by atoms with Crippen molar-refractivity contribution >= 4 is 7.92 Å². The maximum atomic E-state index is 9.08. The molecule has 2 heteroatoms. The fraction of sp³-hybridized carbons (Fsp3) is 0.400. The molecule has 0 saturated carbocycles. The van der Waals surface area contributed by atoms with Gasteiger partial charge in [0.15, 0.2) is 0 Å². The Morgan fingerprint density at radius 1 is 1.17 bits per heavy atom. The number of phenols is 1. The minimum Gasteiger partial charge on any atom is -0.508 e. The zero-order valence-corrected chi connectivity index (χ0v) is 8.68. The van der Waals surface area contributed by atoms with Gasteiger partial charge in [-0.15, -0.1) is 7.92 Å². The zero-order chi connectivity index (χ0) is 9.14. The number of hydrogen-bond acceptors (Lipinski definition) is 1. The lowest BCUT2D eigenvalue weighted by atomic mass is 10.2. The van der Waals surface area contributed by atoms with Gasteiger partial charge in [0.2, 0.25) is 0 Å². The molecule has 0 heterocycles. The average Bonchev–Trinajstić information content (AvgIpc) is 2.04. The molecule has 1 atom stereocenters. The summed E-state index contributed by atoms with van der Waals surface area (Å²) in [5.41, 5.74) is 1.95. The first-order chi connectivity index (χ1) is 5.61. The minimum atomic E-state index is 0.0708. The van der Waals surface area contributed by atoms with E-state index < -0.39 is 0 Å². The van der Waals surface area contributed by atoms with Crippen LogP contribution in [0.3, 0.4) is 0 Å². The molecule has 0 aliphatic carbocycles. The van der Waals surface area contributed by atoms with E-state index in [0.29, 0.717) is 11.4 Å². The molecule has 0 bridgehead atoms. The molecule has 0 radical (unpaired) electrons. The molecule has 0 fully saturated rings. The summed E-state index contributed by atoms with van der Waals surface area (Å²) in [5, 5.41) is 9.08. The summed E-state index contributed by atoms with van der Waals surface area (Å²) >= 11 is 0. The van der Waals surface area contributed by atoms with E-state index in [1.54, 1.807) is 12.1 Å². The van der Waals surface area contributed by atoms with E-state index in [-0.39, 0.29) is 7.92 Å². The predicted molar refractivity (Wildman–Crippen MR) is 55.3 cm³/mol. The predicted octanol–water partition coefficient (Wildman–Crippen LogP) is 3.19. The van der Waals surface area contributed by atoms with Crippen molar-refractivity contribution in [1.29, 1.82) is 0 Å². The molecule has 1 aromatic rings. The molecule has 0 aromatic heterocycles. The van der Waals surface area contributed by atoms with Crippen LogP contribution in [0.4, 0.5) is 0 Å². The Bertz CT molecular complexity index is 241. The molecule has 1 rings (SSSR count). The van der Waals surface area contributed by atoms with Crippen LogP contribution in [0, 0.1) is 0 Å². The van der Waals surface area contributed by atoms with Gasteiger partial charge in [0, 0.05) is 5.66 Å². The van der Waals surface area contributed by atoms with Gasteiger partial charge in [-0.2, -0.15) is 0 Å². The Balaban J connectivity index is 2.82. The van der Waals surface area contributed by atoms with Gasteiger partial charge in [-0.25, -0.2) is 0 Å². The van der Waals surface area contributed by atoms with Crippen molar-refractivity contribution in [3.8, 4) is 5.75 Å². The lowest BCUT2D eigenvalue weighted by Gasteiger charge is -2.16. The van der Waals surface area contributed by atoms with Gasteiger partial charge in [0.1, 0.15) is 5.75 Å². The third-order valence-corrected chi connectivity index (χ3v) is 4.00. The number of hydrogen-bond donors (Lipinski definition) is 1. The number of benzene rings is 1. The summed E-state index contributed by atoms with van der Waals surface area (Å²) in [6.07, 6.45) is 0. The van der Waals surface area contributed by atoms with E-state index in [4.69, 9.17) is 5.11 Å². The van der Waals surface area contributed by atoms with Crippen molar-refractivity contribution in [2.75, 3.05) is 13.3 Å². The highest BCUT2D eigenvalue weighted by Gasteiger charge is 2.08. The van der Waals surface area contributed by atoms with Gasteiger partial charge < -0.3 is 5.11 Å². The summed E-state index contributed by atoms with van der Waals surface area (Å²) in [6.45, 7) is 6.78. The first kappa shape index (κ1) is 9.54. The van der Waals surface area contributed by atoms with Gasteiger partial charge >= 0.3 is 0 Å². The summed E-state index contributed by atoms with van der Waals surface area (Å²) < 4.78 is 0. The molecule has 1 aromatic carbocycles. The van der Waals surface area contributed by atoms with Crippen LogP contribution < -0.4 is 0 Å². The highest BCUT2D eigenvalue weighted by atomic mass is 31.1. The summed E-state index contributed by atoms with van der Waals surface area (Å²) in [5.74, 6) is 0.350. The quantitative estimate of drug-likeness (QED) is 0.696. The number of rotatable bonds is 2. The fourth-order valence-corrected chi connectivity index (χ4v) is 1.82. The molecule has 1 N–H and O–H groups in total. The summed E-state index contributed by atoms with van der Waals surface area (Å²) in [6, 6.07) is 7.51. The maximum absolute atomic E-state index is 9.08. The second kappa shape index (κ2) is 3.91. The first-order valence-electron chi connectivity index (χ1n) is 4.06. The van der Waals surface area contributed by atoms with Gasteiger partial charge in [-0.05, 0) is 31.0 Å². The van der Waals surface area contributed by atoms with E-state index >= 15 is 0 Å². The number of phenolic OH excluding ortho intramolecular Hbond substituents is 1. The van der Waals surface area contributed by atoms with Crippen LogP contribution in [0.2, 0.25) is 0 Å². The second-order valence-corrected chi connectivity index (χ2v) is 5.93. The Morgan fingerprint density at radius 3 is 2.08 bits per heavy atom. The lowest BCUT2D eigenvalue weighted by Crippen LogP contribution is -1.88. The van der Waals surface area contributed by atoms with Crippen LogP contribution >= 0.6 is 7.92 Å². The Kier molecular flexibility index (Phi) is 3.11. The number of aromatic hydroxyl groups is 1. The van der Waals surface area contributed by atoms with Crippen LogP contribution in [0.5, 0.6) is 5.75 Å². The van der Waals surface area contributed by atoms with Gasteiger partial charge in [-0.3, -0.25) is 0 Å². The van der Waals surface area contributed by atoms with Crippen molar-refractivity contribution in [3.63, 3.8) is 0 Å². The Hall–Kier alpha value is -0.550. The van der Waals surface area contributed by atoms with E-state index in [9.17, 15) is 0 Å². The highest BCUT2D eigenvalue weighted by molar-refractivity contribution is 7.56. The van der Waals surface area contributed by atoms with E-state index in [1.165, 1.54) is 5.56 Å². The molecule has 12 heavy (non-hydrogen) atoms. The third-order valence-electron chi connectivity index (χ3n) is 2.15. The standard InChI is InChI=1S/C10H15OP/c1-8(12(2)3)9-4-6-10(11)7-5-9/h4-8,11H,1-3H3. The lowest BCUT2D eigenvalue weighted by molar-refractivity contribution is 0.475. The fourth-order valence-electron chi connectivity index (χ4n) is 1.05. The van der Waals surface area contributed by atoms with Crippen molar-refractivity contribution in [2.24, 2.45) is 0 Å². The van der Waals surface area contributed by atoms with Gasteiger partial charge in [0.05, 0.1) is 0 Å². The highest BCUT2D eigenvalue weighted by Crippen LogP contribution is 2.44. The smallest absolute Gasteiger partial charge is 0.115 e. The molecular formula is C10H15OP. The van der Waals surface area contributed by atoms with E-state index in [1.807, 2.05) is 12.1 Å². The van der Waals surface area contributed by atoms with Crippen LogP contribution in [0.1, 0.15) is 18.1 Å². The van der Waals surface area contributed by atoms with E-state index in [2.05, 4.69) is 20.3 Å². The minimum absolute atomic E-state index is 0.0708. The van der Waals surface area contributed by atoms with E-state index in [0.717, 1.165) is 0 Å². The molecule has 1 nitrogen and oxygen atoms in total. The van der Waals surface area contributed by atoms with Crippen LogP contribution in [0.15, 0.2) is 24.3 Å². The van der Waals surface area contributed by atoms with Crippen molar-refractivity contribution in [1.82, 2.24) is 0 Å². The monoisotopic (exact) mass is 182 g/mol. The normalized spacial score (nSPS) is 13.3. The molecule has 0 saturated heterocycles. The molecular weight excluding hydrogens is 167 g/mol. The average molecular weight is 182 g/mol. The molecule has 0 aliphatic rings. The van der Waals surface area contributed by atoms with Gasteiger partial charge in [0.25, 0.3) is 0 Å². The summed E-state index contributed by atoms with van der Waals surface area (Å²) in [4.78, 5) is 0. The van der Waals surface area contributed by atoms with Crippen molar-refractivity contribution in [3.05, 3.63) is 29.8 Å². The van der Waals surface area contributed by atoms with Crippen molar-refractivity contribution < 1.29 is 5.11 Å². The second-order valence-electron chi connectivity index (χ2n) is 3.23. The molecule has 1 unspecified atom stereocenters. The maximum Gasteiger partial charge on any atom is 0.115 e. The summed E-state index contributed by atoms with van der Waals surface area (Å²) in [7, 11) is 0.0708. The molecule has 66 valence electrons. The van der Waals surface area contributed by atoms with Crippen molar-refractivity contribution in [2.45, 2.75) is 12.6 Å².